The first-order chi connectivity index (χ1) is 15.1. The predicted molar refractivity (Wildman–Crippen MR) is 118 cm³/mol. The molecule has 1 amide bonds. The Bertz CT molecular complexity index is 1100. The van der Waals surface area contributed by atoms with Crippen molar-refractivity contribution in [2.45, 2.75) is 13.8 Å². The summed E-state index contributed by atoms with van der Waals surface area (Å²) < 4.78 is 5.10. The van der Waals surface area contributed by atoms with Crippen LogP contribution < -0.4 is 10.2 Å². The zero-order valence-electron chi connectivity index (χ0n) is 17.3. The molecule has 0 aliphatic carbocycles. The summed E-state index contributed by atoms with van der Waals surface area (Å²) in [5.41, 5.74) is 2.27. The molecule has 0 aliphatic rings. The van der Waals surface area contributed by atoms with Gasteiger partial charge in [-0.15, -0.1) is 0 Å². The van der Waals surface area contributed by atoms with Crippen LogP contribution >= 0.6 is 0 Å². The Labute approximate surface area is 180 Å². The van der Waals surface area contributed by atoms with Crippen LogP contribution in [0.5, 0.6) is 0 Å². The molecular weight excluding hydrogens is 392 g/mol. The Morgan fingerprint density at radius 1 is 1.03 bits per heavy atom. The average Bonchev–Trinajstić information content (AvgIpc) is 3.25. The zero-order valence-corrected chi connectivity index (χ0v) is 17.3. The lowest BCUT2D eigenvalue weighted by Gasteiger charge is -2.18. The summed E-state index contributed by atoms with van der Waals surface area (Å²) in [5, 5.41) is 7.07. The van der Waals surface area contributed by atoms with Gasteiger partial charge in [0.15, 0.2) is 11.6 Å². The number of likely N-dealkylation sites (N-methyl/N-ethyl adjacent to an activating group) is 1. The number of carbonyl (C=O) groups excluding carboxylic acids is 1. The number of nitrogens with one attached hydrogen (secondary N) is 1. The van der Waals surface area contributed by atoms with Crippen molar-refractivity contribution >= 4 is 17.5 Å². The Balaban J connectivity index is 1.60. The molecule has 3 aromatic heterocycles. The standard InChI is InChI=1S/C23H22N6O2/c1-3-29(21-13-16(2)31-28-21)22(30)15-25-20-14-19(18-11-7-8-12-24-18)26-23(27-20)17-9-5-4-6-10-17/h4-14H,3,15H2,1-2H3,(H,25,26,27). The number of anilines is 2. The van der Waals surface area contributed by atoms with Crippen molar-refractivity contribution in [3.8, 4) is 22.8 Å². The fraction of sp³-hybridized carbons (Fsp3) is 0.174. The van der Waals surface area contributed by atoms with E-state index in [-0.39, 0.29) is 12.5 Å². The van der Waals surface area contributed by atoms with E-state index in [2.05, 4.69) is 25.4 Å². The summed E-state index contributed by atoms with van der Waals surface area (Å²) in [6, 6.07) is 18.9. The van der Waals surface area contributed by atoms with Crippen LogP contribution in [0.1, 0.15) is 12.7 Å². The van der Waals surface area contributed by atoms with E-state index in [1.165, 1.54) is 0 Å². The minimum Gasteiger partial charge on any atom is -0.361 e. The molecule has 8 nitrogen and oxygen atoms in total. The first-order valence-electron chi connectivity index (χ1n) is 9.97. The second kappa shape index (κ2) is 9.17. The molecule has 156 valence electrons. The van der Waals surface area contributed by atoms with Crippen LogP contribution in [-0.4, -0.2) is 39.1 Å². The number of hydrogen-bond acceptors (Lipinski definition) is 7. The smallest absolute Gasteiger partial charge is 0.247 e. The summed E-state index contributed by atoms with van der Waals surface area (Å²) in [6.45, 7) is 4.20. The van der Waals surface area contributed by atoms with Crippen LogP contribution in [0.4, 0.5) is 11.6 Å². The van der Waals surface area contributed by atoms with E-state index in [9.17, 15) is 4.79 Å². The molecular formula is C23H22N6O2. The van der Waals surface area contributed by atoms with Gasteiger partial charge in [0.2, 0.25) is 5.91 Å². The summed E-state index contributed by atoms with van der Waals surface area (Å²) in [5.74, 6) is 2.09. The second-order valence-corrected chi connectivity index (χ2v) is 6.83. The maximum absolute atomic E-state index is 12.8. The highest BCUT2D eigenvalue weighted by atomic mass is 16.5. The zero-order chi connectivity index (χ0) is 21.6. The van der Waals surface area contributed by atoms with E-state index < -0.39 is 0 Å². The molecule has 8 heteroatoms. The van der Waals surface area contributed by atoms with Crippen molar-refractivity contribution in [3.63, 3.8) is 0 Å². The molecule has 0 saturated carbocycles. The largest absolute Gasteiger partial charge is 0.361 e. The van der Waals surface area contributed by atoms with E-state index in [0.717, 1.165) is 11.3 Å². The van der Waals surface area contributed by atoms with Crippen LogP contribution in [0.15, 0.2) is 71.4 Å². The number of hydrogen-bond donors (Lipinski definition) is 1. The molecule has 0 unspecified atom stereocenters. The molecule has 1 N–H and O–H groups in total. The molecule has 31 heavy (non-hydrogen) atoms. The quantitative estimate of drug-likeness (QED) is 0.489. The topological polar surface area (TPSA) is 97.0 Å². The van der Waals surface area contributed by atoms with Crippen molar-refractivity contribution in [2.75, 3.05) is 23.3 Å². The minimum atomic E-state index is -0.143. The number of nitrogens with zero attached hydrogens (tertiary/aromatic N) is 5. The summed E-state index contributed by atoms with van der Waals surface area (Å²) >= 11 is 0. The highest BCUT2D eigenvalue weighted by Gasteiger charge is 2.18. The molecule has 0 fully saturated rings. The fourth-order valence-corrected chi connectivity index (χ4v) is 3.11. The van der Waals surface area contributed by atoms with Crippen molar-refractivity contribution < 1.29 is 9.32 Å². The number of carbonyl (C=O) groups is 1. The molecule has 0 atom stereocenters. The Morgan fingerprint density at radius 3 is 2.52 bits per heavy atom. The third kappa shape index (κ3) is 4.75. The van der Waals surface area contributed by atoms with Gasteiger partial charge in [0.25, 0.3) is 0 Å². The Hall–Kier alpha value is -4.07. The van der Waals surface area contributed by atoms with Gasteiger partial charge in [-0.3, -0.25) is 14.7 Å². The van der Waals surface area contributed by atoms with Crippen LogP contribution in [0.3, 0.4) is 0 Å². The lowest BCUT2D eigenvalue weighted by atomic mass is 10.2. The highest BCUT2D eigenvalue weighted by molar-refractivity contribution is 5.95. The van der Waals surface area contributed by atoms with Gasteiger partial charge in [-0.25, -0.2) is 9.97 Å². The Morgan fingerprint density at radius 2 is 1.84 bits per heavy atom. The third-order valence-electron chi connectivity index (χ3n) is 4.62. The SMILES string of the molecule is CCN(C(=O)CNc1cc(-c2ccccn2)nc(-c2ccccc2)n1)c1cc(C)on1. The molecule has 3 heterocycles. The summed E-state index contributed by atoms with van der Waals surface area (Å²) in [6.07, 6.45) is 1.72. The van der Waals surface area contributed by atoms with Crippen LogP contribution in [0.2, 0.25) is 0 Å². The van der Waals surface area contributed by atoms with Crippen LogP contribution in [0, 0.1) is 6.92 Å². The van der Waals surface area contributed by atoms with E-state index in [4.69, 9.17) is 4.52 Å². The first kappa shape index (κ1) is 20.2. The van der Waals surface area contributed by atoms with E-state index in [0.29, 0.717) is 35.5 Å². The molecule has 0 saturated heterocycles. The number of pyridine rings is 1. The summed E-state index contributed by atoms with van der Waals surface area (Å²) in [7, 11) is 0. The van der Waals surface area contributed by atoms with Crippen molar-refractivity contribution in [2.24, 2.45) is 0 Å². The van der Waals surface area contributed by atoms with Crippen LogP contribution in [-0.2, 0) is 4.79 Å². The molecule has 4 aromatic rings. The second-order valence-electron chi connectivity index (χ2n) is 6.83. The third-order valence-corrected chi connectivity index (χ3v) is 4.62. The van der Waals surface area contributed by atoms with Crippen molar-refractivity contribution in [1.29, 1.82) is 0 Å². The van der Waals surface area contributed by atoms with Gasteiger partial charge in [-0.05, 0) is 26.0 Å². The molecule has 0 bridgehead atoms. The number of aryl methyl sites for hydroxylation is 1. The molecule has 0 spiro atoms. The van der Waals surface area contributed by atoms with Crippen molar-refractivity contribution in [3.05, 3.63) is 72.6 Å². The van der Waals surface area contributed by atoms with Gasteiger partial charge >= 0.3 is 0 Å². The van der Waals surface area contributed by atoms with E-state index in [1.807, 2.05) is 55.5 Å². The highest BCUT2D eigenvalue weighted by Crippen LogP contribution is 2.23. The lowest BCUT2D eigenvalue weighted by Crippen LogP contribution is -2.35. The van der Waals surface area contributed by atoms with Crippen molar-refractivity contribution in [1.82, 2.24) is 20.1 Å². The minimum absolute atomic E-state index is 0.0483. The molecule has 4 rings (SSSR count). The lowest BCUT2D eigenvalue weighted by molar-refractivity contribution is -0.117. The first-order valence-corrected chi connectivity index (χ1v) is 9.97. The van der Waals surface area contributed by atoms with Gasteiger partial charge in [-0.2, -0.15) is 0 Å². The van der Waals surface area contributed by atoms with Gasteiger partial charge in [0.05, 0.1) is 17.9 Å². The maximum Gasteiger partial charge on any atom is 0.247 e. The number of rotatable bonds is 7. The maximum atomic E-state index is 12.8. The Kier molecular flexibility index (Phi) is 5.98. The van der Waals surface area contributed by atoms with Gasteiger partial charge in [0, 0.05) is 30.4 Å². The predicted octanol–water partition coefficient (Wildman–Crippen LogP) is 3.97. The normalized spacial score (nSPS) is 10.6. The average molecular weight is 414 g/mol. The van der Waals surface area contributed by atoms with Gasteiger partial charge in [-0.1, -0.05) is 41.6 Å². The fourth-order valence-electron chi connectivity index (χ4n) is 3.11. The van der Waals surface area contributed by atoms with E-state index >= 15 is 0 Å². The molecule has 1 aromatic carbocycles. The van der Waals surface area contributed by atoms with E-state index in [1.54, 1.807) is 30.2 Å². The number of aromatic nitrogens is 4. The van der Waals surface area contributed by atoms with Gasteiger partial charge in [0.1, 0.15) is 11.6 Å². The number of amides is 1. The number of benzene rings is 1. The molecule has 0 radical (unpaired) electrons. The van der Waals surface area contributed by atoms with Crippen LogP contribution in [0.25, 0.3) is 22.8 Å². The summed E-state index contributed by atoms with van der Waals surface area (Å²) in [4.78, 5) is 28.0. The van der Waals surface area contributed by atoms with Gasteiger partial charge < -0.3 is 9.84 Å². The molecule has 0 aliphatic heterocycles. The monoisotopic (exact) mass is 414 g/mol.